The monoisotopic (exact) mass is 234 g/mol. The van der Waals surface area contributed by atoms with E-state index in [4.69, 9.17) is 0 Å². The minimum absolute atomic E-state index is 0.881. The van der Waals surface area contributed by atoms with Crippen molar-refractivity contribution in [1.29, 1.82) is 0 Å². The first-order chi connectivity index (χ1) is 7.75. The lowest BCUT2D eigenvalue weighted by atomic mass is 9.94. The molecular weight excluding hydrogens is 212 g/mol. The van der Waals surface area contributed by atoms with Gasteiger partial charge in [-0.3, -0.25) is 0 Å². The second-order valence-electron chi connectivity index (χ2n) is 5.31. The van der Waals surface area contributed by atoms with Gasteiger partial charge >= 0.3 is 0 Å². The molecule has 0 radical (unpaired) electrons. The highest BCUT2D eigenvalue weighted by Gasteiger charge is 2.26. The molecule has 0 aliphatic heterocycles. The van der Waals surface area contributed by atoms with Gasteiger partial charge < -0.3 is 0 Å². The highest BCUT2D eigenvalue weighted by Crippen LogP contribution is 2.38. The van der Waals surface area contributed by atoms with Crippen LogP contribution in [0.3, 0.4) is 0 Å². The smallest absolute Gasteiger partial charge is 0.00720 e. The average Bonchev–Trinajstić information content (AvgIpc) is 2.76. The number of thioether (sulfide) groups is 1. The molecule has 2 unspecified atom stereocenters. The van der Waals surface area contributed by atoms with Crippen LogP contribution in [0, 0.1) is 17.8 Å². The first-order valence-electron chi connectivity index (χ1n) is 6.43. The Labute approximate surface area is 104 Å². The predicted molar refractivity (Wildman–Crippen MR) is 72.8 cm³/mol. The molecule has 0 amide bonds. The lowest BCUT2D eigenvalue weighted by molar-refractivity contribution is 0.385. The van der Waals surface area contributed by atoms with Crippen molar-refractivity contribution in [2.45, 2.75) is 38.0 Å². The van der Waals surface area contributed by atoms with Crippen molar-refractivity contribution < 1.29 is 0 Å². The van der Waals surface area contributed by atoms with Gasteiger partial charge in [-0.15, -0.1) is 11.8 Å². The fraction of sp³-hybridized carbons (Fsp3) is 0.600. The Bertz CT molecular complexity index is 304. The molecule has 1 aromatic carbocycles. The Kier molecular flexibility index (Phi) is 4.34. The zero-order valence-corrected chi connectivity index (χ0v) is 11.2. The number of hydrogen-bond donors (Lipinski definition) is 0. The van der Waals surface area contributed by atoms with Crippen LogP contribution in [-0.2, 0) is 0 Å². The van der Waals surface area contributed by atoms with E-state index in [0.29, 0.717) is 0 Å². The average molecular weight is 234 g/mol. The molecule has 1 heteroatoms. The number of hydrogen-bond acceptors (Lipinski definition) is 1. The van der Waals surface area contributed by atoms with E-state index in [9.17, 15) is 0 Å². The Morgan fingerprint density at radius 1 is 1.19 bits per heavy atom. The van der Waals surface area contributed by atoms with E-state index in [0.717, 1.165) is 17.8 Å². The van der Waals surface area contributed by atoms with Crippen LogP contribution in [-0.4, -0.2) is 5.75 Å². The molecule has 0 spiro atoms. The van der Waals surface area contributed by atoms with Gasteiger partial charge in [0.1, 0.15) is 0 Å². The molecule has 1 saturated carbocycles. The third-order valence-electron chi connectivity index (χ3n) is 3.75. The van der Waals surface area contributed by atoms with Crippen molar-refractivity contribution in [3.05, 3.63) is 30.3 Å². The second-order valence-corrected chi connectivity index (χ2v) is 6.40. The normalized spacial score (nSPS) is 25.2. The molecule has 1 fully saturated rings. The van der Waals surface area contributed by atoms with Crippen LogP contribution in [0.2, 0.25) is 0 Å². The zero-order chi connectivity index (χ0) is 11.4. The summed E-state index contributed by atoms with van der Waals surface area (Å²) in [4.78, 5) is 1.43. The SMILES string of the molecule is CC(C)C1CCC(CSc2ccccc2)C1. The van der Waals surface area contributed by atoms with Crippen LogP contribution in [0.1, 0.15) is 33.1 Å². The van der Waals surface area contributed by atoms with Crippen molar-refractivity contribution in [1.82, 2.24) is 0 Å². The van der Waals surface area contributed by atoms with Crippen molar-refractivity contribution in [2.24, 2.45) is 17.8 Å². The first kappa shape index (κ1) is 12.0. The largest absolute Gasteiger partial charge is 0.126 e. The number of rotatable bonds is 4. The quantitative estimate of drug-likeness (QED) is 0.671. The molecule has 0 N–H and O–H groups in total. The second kappa shape index (κ2) is 5.77. The van der Waals surface area contributed by atoms with E-state index in [1.54, 1.807) is 0 Å². The van der Waals surface area contributed by atoms with Gasteiger partial charge in [-0.25, -0.2) is 0 Å². The molecule has 0 saturated heterocycles. The maximum absolute atomic E-state index is 2.37. The van der Waals surface area contributed by atoms with Crippen LogP contribution in [0.15, 0.2) is 35.2 Å². The van der Waals surface area contributed by atoms with Gasteiger partial charge in [0, 0.05) is 10.6 Å². The predicted octanol–water partition coefficient (Wildman–Crippen LogP) is 4.85. The topological polar surface area (TPSA) is 0 Å². The molecule has 1 aromatic rings. The van der Waals surface area contributed by atoms with E-state index in [1.165, 1.54) is 29.9 Å². The van der Waals surface area contributed by atoms with Gasteiger partial charge in [0.15, 0.2) is 0 Å². The summed E-state index contributed by atoms with van der Waals surface area (Å²) >= 11 is 2.03. The van der Waals surface area contributed by atoms with E-state index < -0.39 is 0 Å². The van der Waals surface area contributed by atoms with Gasteiger partial charge in [0.2, 0.25) is 0 Å². The van der Waals surface area contributed by atoms with Crippen LogP contribution in [0.25, 0.3) is 0 Å². The molecule has 0 nitrogen and oxygen atoms in total. The zero-order valence-electron chi connectivity index (χ0n) is 10.4. The Morgan fingerprint density at radius 3 is 2.56 bits per heavy atom. The molecule has 0 aromatic heterocycles. The molecule has 1 aliphatic rings. The van der Waals surface area contributed by atoms with E-state index in [-0.39, 0.29) is 0 Å². The summed E-state index contributed by atoms with van der Waals surface area (Å²) in [5, 5.41) is 0. The Balaban J connectivity index is 1.76. The summed E-state index contributed by atoms with van der Waals surface area (Å²) in [7, 11) is 0. The minimum atomic E-state index is 0.881. The highest BCUT2D eigenvalue weighted by molar-refractivity contribution is 7.99. The van der Waals surface area contributed by atoms with E-state index in [2.05, 4.69) is 44.2 Å². The molecular formula is C15H22S. The fourth-order valence-electron chi connectivity index (χ4n) is 2.60. The van der Waals surface area contributed by atoms with Gasteiger partial charge in [-0.05, 0) is 49.1 Å². The van der Waals surface area contributed by atoms with Crippen molar-refractivity contribution in [3.8, 4) is 0 Å². The number of benzene rings is 1. The lowest BCUT2D eigenvalue weighted by Gasteiger charge is -2.14. The van der Waals surface area contributed by atoms with Crippen LogP contribution in [0.4, 0.5) is 0 Å². The molecule has 2 atom stereocenters. The first-order valence-corrected chi connectivity index (χ1v) is 7.42. The van der Waals surface area contributed by atoms with Crippen molar-refractivity contribution in [3.63, 3.8) is 0 Å². The molecule has 0 heterocycles. The summed E-state index contributed by atoms with van der Waals surface area (Å²) < 4.78 is 0. The standard InChI is InChI=1S/C15H22S/c1-12(2)14-9-8-13(10-14)11-16-15-6-4-3-5-7-15/h3-7,12-14H,8-11H2,1-2H3. The third kappa shape index (κ3) is 3.28. The van der Waals surface area contributed by atoms with Gasteiger partial charge in [0.05, 0.1) is 0 Å². The Hall–Kier alpha value is -0.430. The molecule has 0 bridgehead atoms. The molecule has 2 rings (SSSR count). The summed E-state index contributed by atoms with van der Waals surface area (Å²) in [5.74, 6) is 4.14. The third-order valence-corrected chi connectivity index (χ3v) is 5.00. The Morgan fingerprint density at radius 2 is 1.94 bits per heavy atom. The highest BCUT2D eigenvalue weighted by atomic mass is 32.2. The van der Waals surface area contributed by atoms with Crippen LogP contribution < -0.4 is 0 Å². The maximum atomic E-state index is 2.37. The van der Waals surface area contributed by atoms with Crippen LogP contribution >= 0.6 is 11.8 Å². The van der Waals surface area contributed by atoms with E-state index in [1.807, 2.05) is 11.8 Å². The molecule has 88 valence electrons. The van der Waals surface area contributed by atoms with Gasteiger partial charge in [0.25, 0.3) is 0 Å². The summed E-state index contributed by atoms with van der Waals surface area (Å²) in [5.41, 5.74) is 0. The molecule has 16 heavy (non-hydrogen) atoms. The van der Waals surface area contributed by atoms with Crippen molar-refractivity contribution in [2.75, 3.05) is 5.75 Å². The van der Waals surface area contributed by atoms with Crippen molar-refractivity contribution >= 4 is 11.8 Å². The van der Waals surface area contributed by atoms with E-state index >= 15 is 0 Å². The van der Waals surface area contributed by atoms with Crippen LogP contribution in [0.5, 0.6) is 0 Å². The summed E-state index contributed by atoms with van der Waals surface area (Å²) in [6.07, 6.45) is 4.36. The maximum Gasteiger partial charge on any atom is 0.00720 e. The lowest BCUT2D eigenvalue weighted by Crippen LogP contribution is -2.05. The van der Waals surface area contributed by atoms with Gasteiger partial charge in [-0.2, -0.15) is 0 Å². The van der Waals surface area contributed by atoms with Gasteiger partial charge in [-0.1, -0.05) is 32.0 Å². The fourth-order valence-corrected chi connectivity index (χ4v) is 3.68. The molecule has 1 aliphatic carbocycles. The summed E-state index contributed by atoms with van der Waals surface area (Å²) in [6.45, 7) is 4.74. The minimum Gasteiger partial charge on any atom is -0.126 e. The summed E-state index contributed by atoms with van der Waals surface area (Å²) in [6, 6.07) is 10.8.